The van der Waals surface area contributed by atoms with Gasteiger partial charge < -0.3 is 16.0 Å². The number of hydrogen-bond donors (Lipinski definition) is 2. The van der Waals surface area contributed by atoms with Gasteiger partial charge in [-0.3, -0.25) is 4.79 Å². The van der Waals surface area contributed by atoms with Crippen LogP contribution in [0.15, 0.2) is 35.8 Å². The lowest BCUT2D eigenvalue weighted by Gasteiger charge is -2.22. The molecule has 1 fully saturated rings. The lowest BCUT2D eigenvalue weighted by atomic mass is 10.1. The zero-order valence-electron chi connectivity index (χ0n) is 13.6. The van der Waals surface area contributed by atoms with Crippen molar-refractivity contribution in [1.29, 1.82) is 5.26 Å². The van der Waals surface area contributed by atoms with Crippen LogP contribution in [0.4, 0.5) is 5.69 Å². The number of pyridine rings is 1. The molecule has 1 aliphatic rings. The predicted molar refractivity (Wildman–Crippen MR) is 101 cm³/mol. The Morgan fingerprint density at radius 1 is 1.52 bits per heavy atom. The fourth-order valence-corrected chi connectivity index (χ4v) is 3.76. The van der Waals surface area contributed by atoms with Crippen LogP contribution in [0.25, 0.3) is 0 Å². The summed E-state index contributed by atoms with van der Waals surface area (Å²) < 4.78 is 0. The van der Waals surface area contributed by atoms with Gasteiger partial charge in [-0.05, 0) is 30.0 Å². The quantitative estimate of drug-likeness (QED) is 0.798. The van der Waals surface area contributed by atoms with Gasteiger partial charge in [0.05, 0.1) is 11.7 Å². The number of hydrogen-bond acceptors (Lipinski definition) is 6. The third-order valence-corrected chi connectivity index (χ3v) is 5.09. The molecule has 0 radical (unpaired) electrons. The normalized spacial score (nSPS) is 17.6. The molecule has 0 bridgehead atoms. The van der Waals surface area contributed by atoms with E-state index in [9.17, 15) is 10.1 Å². The minimum Gasteiger partial charge on any atom is -0.368 e. The molecule has 0 saturated carbocycles. The number of rotatable bonds is 6. The van der Waals surface area contributed by atoms with Gasteiger partial charge in [-0.15, -0.1) is 23.7 Å². The van der Waals surface area contributed by atoms with Crippen molar-refractivity contribution in [2.24, 2.45) is 5.73 Å². The number of anilines is 1. The Morgan fingerprint density at radius 2 is 2.36 bits per heavy atom. The zero-order valence-corrected chi connectivity index (χ0v) is 15.2. The molecular weight excluding hydrogens is 358 g/mol. The summed E-state index contributed by atoms with van der Waals surface area (Å²) in [7, 11) is 0. The number of thiophene rings is 1. The second kappa shape index (κ2) is 8.81. The fraction of sp³-hybridized carbons (Fsp3) is 0.353. The molecule has 2 aromatic rings. The van der Waals surface area contributed by atoms with Crippen LogP contribution < -0.4 is 16.0 Å². The average molecular weight is 378 g/mol. The molecule has 132 valence electrons. The van der Waals surface area contributed by atoms with Gasteiger partial charge >= 0.3 is 0 Å². The molecular formula is C17H20ClN5OS. The van der Waals surface area contributed by atoms with Crippen LogP contribution in [0.3, 0.4) is 0 Å². The highest BCUT2D eigenvalue weighted by atomic mass is 35.5. The fourth-order valence-electron chi connectivity index (χ4n) is 3.01. The minimum absolute atomic E-state index is 0. The van der Waals surface area contributed by atoms with Crippen molar-refractivity contribution in [2.75, 3.05) is 18.0 Å². The Labute approximate surface area is 157 Å². The van der Waals surface area contributed by atoms with E-state index in [-0.39, 0.29) is 30.4 Å². The van der Waals surface area contributed by atoms with Crippen LogP contribution >= 0.6 is 23.7 Å². The Kier molecular flexibility index (Phi) is 6.76. The molecule has 1 aliphatic heterocycles. The van der Waals surface area contributed by atoms with E-state index in [0.717, 1.165) is 30.1 Å². The van der Waals surface area contributed by atoms with Gasteiger partial charge in [0.2, 0.25) is 5.91 Å². The van der Waals surface area contributed by atoms with Gasteiger partial charge in [-0.25, -0.2) is 4.98 Å². The van der Waals surface area contributed by atoms with E-state index < -0.39 is 0 Å². The Hall–Kier alpha value is -2.14. The first-order valence-electron chi connectivity index (χ1n) is 7.85. The minimum atomic E-state index is -0.377. The topological polar surface area (TPSA) is 95.0 Å². The first kappa shape index (κ1) is 19.2. The van der Waals surface area contributed by atoms with E-state index >= 15 is 0 Å². The Morgan fingerprint density at radius 3 is 3.04 bits per heavy atom. The summed E-state index contributed by atoms with van der Waals surface area (Å²) in [6.45, 7) is 1.55. The van der Waals surface area contributed by atoms with Crippen molar-refractivity contribution in [3.8, 4) is 6.07 Å². The molecule has 0 aliphatic carbocycles. The highest BCUT2D eigenvalue weighted by Gasteiger charge is 2.28. The number of nitrogens with zero attached hydrogens (tertiary/aromatic N) is 3. The van der Waals surface area contributed by atoms with Gasteiger partial charge in [-0.2, -0.15) is 5.26 Å². The van der Waals surface area contributed by atoms with Crippen LogP contribution in [0, 0.1) is 11.3 Å². The standard InChI is InChI=1S/C17H19N5OS.ClH/c18-10-15-16(4-1-6-20-15)22-7-5-12(11-22)21-14(17(19)23)9-13-3-2-8-24-13;/h1-4,6,8,12,14,21H,5,7,9,11H2,(H2,19,23);1H/t12-,14-;/m0./s1. The number of carbonyl (C=O) groups excluding carboxylic acids is 1. The molecule has 6 nitrogen and oxygen atoms in total. The number of halogens is 1. The zero-order chi connectivity index (χ0) is 16.9. The third-order valence-electron chi connectivity index (χ3n) is 4.19. The maximum Gasteiger partial charge on any atom is 0.234 e. The lowest BCUT2D eigenvalue weighted by molar-refractivity contribution is -0.120. The molecule has 1 saturated heterocycles. The second-order valence-electron chi connectivity index (χ2n) is 5.82. The van der Waals surface area contributed by atoms with Crippen molar-refractivity contribution in [3.63, 3.8) is 0 Å². The third kappa shape index (κ3) is 4.69. The van der Waals surface area contributed by atoms with Crippen molar-refractivity contribution >= 4 is 35.3 Å². The molecule has 8 heteroatoms. The Bertz CT molecular complexity index is 746. The van der Waals surface area contributed by atoms with E-state index in [1.807, 2.05) is 29.6 Å². The number of carbonyl (C=O) groups is 1. The van der Waals surface area contributed by atoms with Gasteiger partial charge in [0, 0.05) is 36.6 Å². The number of nitrogens with two attached hydrogens (primary N) is 1. The monoisotopic (exact) mass is 377 g/mol. The molecule has 0 unspecified atom stereocenters. The van der Waals surface area contributed by atoms with Crippen molar-refractivity contribution in [3.05, 3.63) is 46.4 Å². The molecule has 2 aromatic heterocycles. The molecule has 0 aromatic carbocycles. The van der Waals surface area contributed by atoms with Crippen LogP contribution in [-0.2, 0) is 11.2 Å². The van der Waals surface area contributed by atoms with Crippen molar-refractivity contribution in [1.82, 2.24) is 10.3 Å². The smallest absolute Gasteiger partial charge is 0.234 e. The molecule has 25 heavy (non-hydrogen) atoms. The van der Waals surface area contributed by atoms with Crippen LogP contribution in [-0.4, -0.2) is 36.1 Å². The number of aromatic nitrogens is 1. The molecule has 3 rings (SSSR count). The summed E-state index contributed by atoms with van der Waals surface area (Å²) in [4.78, 5) is 19.1. The highest BCUT2D eigenvalue weighted by Crippen LogP contribution is 2.23. The lowest BCUT2D eigenvalue weighted by Crippen LogP contribution is -2.48. The maximum atomic E-state index is 11.8. The van der Waals surface area contributed by atoms with Gasteiger partial charge in [0.25, 0.3) is 0 Å². The van der Waals surface area contributed by atoms with Crippen molar-refractivity contribution in [2.45, 2.75) is 24.9 Å². The van der Waals surface area contributed by atoms with E-state index in [1.54, 1.807) is 17.5 Å². The van der Waals surface area contributed by atoms with E-state index in [2.05, 4.69) is 21.3 Å². The highest BCUT2D eigenvalue weighted by molar-refractivity contribution is 7.09. The van der Waals surface area contributed by atoms with Gasteiger partial charge in [0.15, 0.2) is 5.69 Å². The molecule has 3 N–H and O–H groups in total. The summed E-state index contributed by atoms with van der Waals surface area (Å²) in [5.41, 5.74) is 6.84. The van der Waals surface area contributed by atoms with E-state index in [4.69, 9.17) is 5.73 Å². The number of amides is 1. The summed E-state index contributed by atoms with van der Waals surface area (Å²) in [6, 6.07) is 9.64. The van der Waals surface area contributed by atoms with Gasteiger partial charge in [-0.1, -0.05) is 6.07 Å². The van der Waals surface area contributed by atoms with Gasteiger partial charge in [0.1, 0.15) is 6.07 Å². The summed E-state index contributed by atoms with van der Waals surface area (Å²) >= 11 is 1.63. The summed E-state index contributed by atoms with van der Waals surface area (Å²) in [5, 5.41) is 14.6. The average Bonchev–Trinajstić information content (AvgIpc) is 3.26. The first-order chi connectivity index (χ1) is 11.7. The SMILES string of the molecule is Cl.N#Cc1ncccc1N1CC[C@H](N[C@@H](Cc2cccs2)C(N)=O)C1. The predicted octanol–water partition coefficient (Wildman–Crippen LogP) is 1.70. The van der Waals surface area contributed by atoms with Crippen molar-refractivity contribution < 1.29 is 4.79 Å². The van der Waals surface area contributed by atoms with E-state index in [1.165, 1.54) is 0 Å². The Balaban J connectivity index is 0.00000225. The molecule has 1 amide bonds. The first-order valence-corrected chi connectivity index (χ1v) is 8.73. The number of nitriles is 1. The number of primary amides is 1. The summed E-state index contributed by atoms with van der Waals surface area (Å²) in [6.07, 6.45) is 3.13. The van der Waals surface area contributed by atoms with Crippen LogP contribution in [0.1, 0.15) is 17.0 Å². The molecule has 0 spiro atoms. The van der Waals surface area contributed by atoms with E-state index in [0.29, 0.717) is 12.1 Å². The molecule has 3 heterocycles. The van der Waals surface area contributed by atoms with Crippen LogP contribution in [0.2, 0.25) is 0 Å². The number of nitrogens with one attached hydrogen (secondary N) is 1. The molecule has 2 atom stereocenters. The second-order valence-corrected chi connectivity index (χ2v) is 6.85. The van der Waals surface area contributed by atoms with Crippen LogP contribution in [0.5, 0.6) is 0 Å². The maximum absolute atomic E-state index is 11.8. The largest absolute Gasteiger partial charge is 0.368 e. The summed E-state index contributed by atoms with van der Waals surface area (Å²) in [5.74, 6) is -0.332.